The van der Waals surface area contributed by atoms with Crippen LogP contribution < -0.4 is 14.8 Å². The van der Waals surface area contributed by atoms with Crippen LogP contribution in [0.4, 0.5) is 15.9 Å². The summed E-state index contributed by atoms with van der Waals surface area (Å²) in [6, 6.07) is 6.13. The number of hydrogen-bond donors (Lipinski definition) is 2. The molecule has 0 bridgehead atoms. The molecular weight excluding hydrogens is 431 g/mol. The second-order valence-corrected chi connectivity index (χ2v) is 8.81. The molecule has 7 nitrogen and oxygen atoms in total. The molecule has 1 aromatic heterocycles. The van der Waals surface area contributed by atoms with E-state index in [2.05, 4.69) is 20.2 Å². The minimum atomic E-state index is -0.480. The highest BCUT2D eigenvalue weighted by Crippen LogP contribution is 2.36. The number of benzene rings is 2. The second-order valence-electron chi connectivity index (χ2n) is 7.59. The van der Waals surface area contributed by atoms with E-state index in [1.165, 1.54) is 30.0 Å². The van der Waals surface area contributed by atoms with E-state index in [0.717, 1.165) is 26.1 Å². The zero-order valence-electron chi connectivity index (χ0n) is 18.2. The Morgan fingerprint density at radius 1 is 1.19 bits per heavy atom. The van der Waals surface area contributed by atoms with E-state index in [4.69, 9.17) is 9.47 Å². The van der Waals surface area contributed by atoms with E-state index in [0.29, 0.717) is 40.4 Å². The number of phenols is 1. The van der Waals surface area contributed by atoms with Crippen LogP contribution >= 0.6 is 11.8 Å². The third-order valence-electron chi connectivity index (χ3n) is 5.53. The summed E-state index contributed by atoms with van der Waals surface area (Å²) in [5.74, 6) is 3.49. The maximum atomic E-state index is 14.4. The Hall–Kier alpha value is -2.78. The number of aromatic nitrogens is 2. The summed E-state index contributed by atoms with van der Waals surface area (Å²) < 4.78 is 25.9. The van der Waals surface area contributed by atoms with E-state index in [1.807, 2.05) is 17.8 Å². The maximum absolute atomic E-state index is 14.4. The van der Waals surface area contributed by atoms with E-state index >= 15 is 0 Å². The number of anilines is 2. The summed E-state index contributed by atoms with van der Waals surface area (Å²) in [6.07, 6.45) is 2.34. The molecule has 0 radical (unpaired) electrons. The number of halogens is 1. The molecule has 32 heavy (non-hydrogen) atoms. The minimum absolute atomic E-state index is 0.00355. The third kappa shape index (κ3) is 4.99. The fourth-order valence-corrected chi connectivity index (χ4v) is 4.65. The van der Waals surface area contributed by atoms with Gasteiger partial charge < -0.3 is 24.8 Å². The standard InChI is InChI=1S/C23H27FN4O3S/c1-15-19(29)5-4-17(24)22(15)27-23-16-12-20(30-2)21(13-18(16)25-14-26-23)31-9-3-6-28-7-10-32-11-8-28/h4-5,12-14,29H,3,6-11H2,1-2H3,(H,25,26,27). The van der Waals surface area contributed by atoms with Gasteiger partial charge in [0.1, 0.15) is 23.7 Å². The average molecular weight is 459 g/mol. The van der Waals surface area contributed by atoms with Crippen LogP contribution in [0.1, 0.15) is 12.0 Å². The number of hydrogen-bond acceptors (Lipinski definition) is 8. The second kappa shape index (κ2) is 10.2. The molecule has 2 aromatic carbocycles. The van der Waals surface area contributed by atoms with Crippen molar-refractivity contribution < 1.29 is 19.0 Å². The van der Waals surface area contributed by atoms with Crippen LogP contribution in [0.25, 0.3) is 10.9 Å². The highest BCUT2D eigenvalue weighted by atomic mass is 32.2. The lowest BCUT2D eigenvalue weighted by atomic mass is 10.1. The first-order valence-corrected chi connectivity index (χ1v) is 11.7. The van der Waals surface area contributed by atoms with Gasteiger partial charge in [0.15, 0.2) is 11.5 Å². The molecule has 3 aromatic rings. The fraction of sp³-hybridized carbons (Fsp3) is 0.391. The number of fused-ring (bicyclic) bond motifs is 1. The summed E-state index contributed by atoms with van der Waals surface area (Å²) in [7, 11) is 1.58. The zero-order chi connectivity index (χ0) is 22.5. The molecule has 170 valence electrons. The molecule has 0 aliphatic carbocycles. The van der Waals surface area contributed by atoms with Gasteiger partial charge in [-0.05, 0) is 31.5 Å². The number of phenolic OH excluding ortho intramolecular Hbond substituents is 1. The third-order valence-corrected chi connectivity index (χ3v) is 6.47. The molecule has 1 fully saturated rings. The molecule has 2 heterocycles. The predicted molar refractivity (Wildman–Crippen MR) is 126 cm³/mol. The van der Waals surface area contributed by atoms with Gasteiger partial charge in [0.05, 0.1) is 24.9 Å². The average Bonchev–Trinajstić information content (AvgIpc) is 2.82. The van der Waals surface area contributed by atoms with Crippen molar-refractivity contribution in [2.45, 2.75) is 13.3 Å². The number of nitrogens with zero attached hydrogens (tertiary/aromatic N) is 3. The quantitative estimate of drug-likeness (QED) is 0.482. The number of ether oxygens (including phenoxy) is 2. The van der Waals surface area contributed by atoms with E-state index < -0.39 is 5.82 Å². The van der Waals surface area contributed by atoms with Gasteiger partial charge in [0.2, 0.25) is 0 Å². The lowest BCUT2D eigenvalue weighted by molar-refractivity contribution is 0.242. The van der Waals surface area contributed by atoms with Crippen molar-refractivity contribution in [3.63, 3.8) is 0 Å². The molecule has 2 N–H and O–H groups in total. The molecule has 4 rings (SSSR count). The smallest absolute Gasteiger partial charge is 0.163 e. The zero-order valence-corrected chi connectivity index (χ0v) is 19.0. The van der Waals surface area contributed by atoms with Gasteiger partial charge in [0.25, 0.3) is 0 Å². The monoisotopic (exact) mass is 458 g/mol. The number of nitrogens with one attached hydrogen (secondary N) is 1. The Labute approximate surface area is 191 Å². The van der Waals surface area contributed by atoms with Crippen molar-refractivity contribution >= 4 is 34.2 Å². The van der Waals surface area contributed by atoms with Crippen molar-refractivity contribution in [3.8, 4) is 17.2 Å². The highest BCUT2D eigenvalue weighted by Gasteiger charge is 2.16. The lowest BCUT2D eigenvalue weighted by Crippen LogP contribution is -2.33. The molecule has 1 aliphatic rings. The maximum Gasteiger partial charge on any atom is 0.163 e. The van der Waals surface area contributed by atoms with Crippen LogP contribution in [0.2, 0.25) is 0 Å². The summed E-state index contributed by atoms with van der Waals surface area (Å²) in [5, 5.41) is 13.6. The van der Waals surface area contributed by atoms with Crippen LogP contribution in [0.15, 0.2) is 30.6 Å². The van der Waals surface area contributed by atoms with Gasteiger partial charge in [-0.15, -0.1) is 0 Å². The van der Waals surface area contributed by atoms with Crippen molar-refractivity contribution in [2.24, 2.45) is 0 Å². The van der Waals surface area contributed by atoms with Crippen molar-refractivity contribution in [2.75, 3.05) is 50.2 Å². The van der Waals surface area contributed by atoms with Gasteiger partial charge in [-0.3, -0.25) is 0 Å². The highest BCUT2D eigenvalue weighted by molar-refractivity contribution is 7.99. The fourth-order valence-electron chi connectivity index (χ4n) is 3.67. The van der Waals surface area contributed by atoms with E-state index in [-0.39, 0.29) is 11.4 Å². The van der Waals surface area contributed by atoms with Crippen LogP contribution in [-0.2, 0) is 0 Å². The SMILES string of the molecule is COc1cc2c(Nc3c(F)ccc(O)c3C)ncnc2cc1OCCCN1CCSCC1. The Balaban J connectivity index is 1.53. The van der Waals surface area contributed by atoms with Crippen molar-refractivity contribution in [1.29, 1.82) is 0 Å². The van der Waals surface area contributed by atoms with Crippen molar-refractivity contribution in [1.82, 2.24) is 14.9 Å². The van der Waals surface area contributed by atoms with E-state index in [9.17, 15) is 9.50 Å². The predicted octanol–water partition coefficient (Wildman–Crippen LogP) is 4.35. The summed E-state index contributed by atoms with van der Waals surface area (Å²) in [6.45, 7) is 5.50. The van der Waals surface area contributed by atoms with Crippen LogP contribution in [-0.4, -0.2) is 64.8 Å². The largest absolute Gasteiger partial charge is 0.508 e. The molecule has 0 saturated carbocycles. The Morgan fingerprint density at radius 2 is 2.00 bits per heavy atom. The molecule has 9 heteroatoms. The van der Waals surface area contributed by atoms with Crippen LogP contribution in [0.5, 0.6) is 17.2 Å². The first-order valence-electron chi connectivity index (χ1n) is 10.6. The molecule has 0 unspecified atom stereocenters. The lowest BCUT2D eigenvalue weighted by Gasteiger charge is -2.25. The van der Waals surface area contributed by atoms with Crippen LogP contribution in [0, 0.1) is 12.7 Å². The molecule has 0 spiro atoms. The number of aromatic hydroxyl groups is 1. The number of methoxy groups -OCH3 is 1. The van der Waals surface area contributed by atoms with Gasteiger partial charge in [-0.25, -0.2) is 14.4 Å². The Morgan fingerprint density at radius 3 is 2.78 bits per heavy atom. The Bertz CT molecular complexity index is 1090. The summed E-state index contributed by atoms with van der Waals surface area (Å²) in [4.78, 5) is 11.1. The van der Waals surface area contributed by atoms with Gasteiger partial charge in [-0.2, -0.15) is 11.8 Å². The molecular formula is C23H27FN4O3S. The van der Waals surface area contributed by atoms with E-state index in [1.54, 1.807) is 20.1 Å². The molecule has 0 amide bonds. The number of rotatable bonds is 8. The van der Waals surface area contributed by atoms with Gasteiger partial charge >= 0.3 is 0 Å². The number of thioether (sulfide) groups is 1. The van der Waals surface area contributed by atoms with Gasteiger partial charge in [0, 0.05) is 48.2 Å². The topological polar surface area (TPSA) is 79.7 Å². The summed E-state index contributed by atoms with van der Waals surface area (Å²) in [5.41, 5.74) is 1.21. The molecule has 0 atom stereocenters. The Kier molecular flexibility index (Phi) is 7.16. The first-order chi connectivity index (χ1) is 15.6. The normalized spacial score (nSPS) is 14.5. The first kappa shape index (κ1) is 22.4. The van der Waals surface area contributed by atoms with Gasteiger partial charge in [-0.1, -0.05) is 0 Å². The van der Waals surface area contributed by atoms with Crippen LogP contribution in [0.3, 0.4) is 0 Å². The minimum Gasteiger partial charge on any atom is -0.508 e. The molecule has 1 saturated heterocycles. The van der Waals surface area contributed by atoms with Crippen molar-refractivity contribution in [3.05, 3.63) is 42.0 Å². The summed E-state index contributed by atoms with van der Waals surface area (Å²) >= 11 is 2.00. The molecule has 1 aliphatic heterocycles.